The number of hydrogen-bond donors (Lipinski definition) is 2. The molecule has 6 nitrogen and oxygen atoms in total. The van der Waals surface area contributed by atoms with Crippen LogP contribution in [0, 0.1) is 12.8 Å². The van der Waals surface area contributed by atoms with Crippen LogP contribution in [0.4, 0.5) is 0 Å². The lowest BCUT2D eigenvalue weighted by Crippen LogP contribution is -2.39. The molecule has 0 radical (unpaired) electrons. The topological polar surface area (TPSA) is 98.2 Å². The first-order chi connectivity index (χ1) is 12.0. The van der Waals surface area contributed by atoms with E-state index >= 15 is 0 Å². The largest absolute Gasteiger partial charge is 0.440 e. The molecule has 132 valence electrons. The number of oxazole rings is 1. The Labute approximate surface area is 146 Å². The molecule has 1 unspecified atom stereocenters. The van der Waals surface area contributed by atoms with Crippen molar-refractivity contribution in [1.29, 1.82) is 0 Å². The predicted molar refractivity (Wildman–Crippen MR) is 93.5 cm³/mol. The number of hydrogen-bond acceptors (Lipinski definition) is 4. The van der Waals surface area contributed by atoms with Crippen molar-refractivity contribution < 1.29 is 14.0 Å². The van der Waals surface area contributed by atoms with E-state index in [1.165, 1.54) is 0 Å². The molecule has 0 bridgehead atoms. The molecule has 3 rings (SSSR count). The highest BCUT2D eigenvalue weighted by Crippen LogP contribution is 2.34. The van der Waals surface area contributed by atoms with Crippen molar-refractivity contribution >= 4 is 11.8 Å². The van der Waals surface area contributed by atoms with Gasteiger partial charge in [-0.1, -0.05) is 30.3 Å². The van der Waals surface area contributed by atoms with Gasteiger partial charge in [-0.3, -0.25) is 9.59 Å². The smallest absolute Gasteiger partial charge is 0.220 e. The molecule has 1 heterocycles. The van der Waals surface area contributed by atoms with E-state index in [9.17, 15) is 9.59 Å². The van der Waals surface area contributed by atoms with Crippen LogP contribution in [0.5, 0.6) is 0 Å². The van der Waals surface area contributed by atoms with Crippen LogP contribution in [-0.4, -0.2) is 22.8 Å². The number of primary amides is 1. The number of aromatic nitrogens is 1. The highest BCUT2D eigenvalue weighted by atomic mass is 16.4. The second-order valence-corrected chi connectivity index (χ2v) is 6.57. The first-order valence-electron chi connectivity index (χ1n) is 8.62. The summed E-state index contributed by atoms with van der Waals surface area (Å²) in [5, 5.41) is 2.92. The summed E-state index contributed by atoms with van der Waals surface area (Å²) in [7, 11) is 0. The molecule has 1 aliphatic rings. The summed E-state index contributed by atoms with van der Waals surface area (Å²) >= 11 is 0. The lowest BCUT2D eigenvalue weighted by Gasteiger charge is -2.16. The van der Waals surface area contributed by atoms with E-state index in [1.807, 2.05) is 37.3 Å². The maximum absolute atomic E-state index is 12.2. The number of carbonyl (C=O) groups excluding carboxylic acids is 2. The van der Waals surface area contributed by atoms with Crippen LogP contribution in [0.1, 0.15) is 37.3 Å². The van der Waals surface area contributed by atoms with Crippen molar-refractivity contribution in [1.82, 2.24) is 10.3 Å². The van der Waals surface area contributed by atoms with Gasteiger partial charge in [0.25, 0.3) is 0 Å². The summed E-state index contributed by atoms with van der Waals surface area (Å²) < 4.78 is 5.81. The molecule has 2 amide bonds. The molecule has 1 fully saturated rings. The summed E-state index contributed by atoms with van der Waals surface area (Å²) in [6, 6.07) is 9.63. The third kappa shape index (κ3) is 4.68. The highest BCUT2D eigenvalue weighted by Gasteiger charge is 2.33. The van der Waals surface area contributed by atoms with E-state index in [0.717, 1.165) is 29.9 Å². The average molecular weight is 341 g/mol. The molecule has 1 aromatic heterocycles. The molecule has 1 aromatic carbocycles. The SMILES string of the molecule is Cc1nc(CCC(=O)NC(CC(N)=O)C2CC2)oc1-c1ccccc1. The van der Waals surface area contributed by atoms with Gasteiger partial charge in [0.05, 0.1) is 5.69 Å². The number of rotatable bonds is 8. The first-order valence-corrected chi connectivity index (χ1v) is 8.62. The quantitative estimate of drug-likeness (QED) is 0.770. The molecule has 0 saturated heterocycles. The Morgan fingerprint density at radius 1 is 1.32 bits per heavy atom. The number of carbonyl (C=O) groups is 2. The van der Waals surface area contributed by atoms with E-state index in [-0.39, 0.29) is 30.7 Å². The van der Waals surface area contributed by atoms with Gasteiger partial charge in [0.15, 0.2) is 11.7 Å². The first kappa shape index (κ1) is 17.2. The Hall–Kier alpha value is -2.63. The van der Waals surface area contributed by atoms with Gasteiger partial charge in [0.2, 0.25) is 11.8 Å². The zero-order valence-electron chi connectivity index (χ0n) is 14.3. The maximum atomic E-state index is 12.2. The van der Waals surface area contributed by atoms with Gasteiger partial charge in [-0.15, -0.1) is 0 Å². The Bertz CT molecular complexity index is 751. The van der Waals surface area contributed by atoms with Crippen LogP contribution >= 0.6 is 0 Å². The Morgan fingerprint density at radius 3 is 2.68 bits per heavy atom. The van der Waals surface area contributed by atoms with E-state index in [0.29, 0.717) is 18.2 Å². The summed E-state index contributed by atoms with van der Waals surface area (Å²) in [4.78, 5) is 27.7. The molecule has 6 heteroatoms. The Balaban J connectivity index is 1.56. The minimum Gasteiger partial charge on any atom is -0.440 e. The van der Waals surface area contributed by atoms with Crippen molar-refractivity contribution in [3.63, 3.8) is 0 Å². The van der Waals surface area contributed by atoms with Crippen LogP contribution in [0.15, 0.2) is 34.7 Å². The van der Waals surface area contributed by atoms with E-state index in [4.69, 9.17) is 10.2 Å². The molecule has 25 heavy (non-hydrogen) atoms. The Kier molecular flexibility index (Phi) is 5.16. The van der Waals surface area contributed by atoms with Crippen LogP contribution in [-0.2, 0) is 16.0 Å². The zero-order valence-corrected chi connectivity index (χ0v) is 14.3. The molecule has 3 N–H and O–H groups in total. The second kappa shape index (κ2) is 7.51. The summed E-state index contributed by atoms with van der Waals surface area (Å²) in [6.07, 6.45) is 2.98. The monoisotopic (exact) mass is 341 g/mol. The van der Waals surface area contributed by atoms with Gasteiger partial charge in [0.1, 0.15) is 0 Å². The van der Waals surface area contributed by atoms with Crippen molar-refractivity contribution in [2.75, 3.05) is 0 Å². The lowest BCUT2D eigenvalue weighted by atomic mass is 10.1. The summed E-state index contributed by atoms with van der Waals surface area (Å²) in [6.45, 7) is 1.89. The fraction of sp³-hybridized carbons (Fsp3) is 0.421. The second-order valence-electron chi connectivity index (χ2n) is 6.57. The van der Waals surface area contributed by atoms with Gasteiger partial charge in [-0.05, 0) is 25.7 Å². The molecule has 1 saturated carbocycles. The third-order valence-corrected chi connectivity index (χ3v) is 4.40. The normalized spacial score (nSPS) is 14.9. The van der Waals surface area contributed by atoms with Gasteiger partial charge >= 0.3 is 0 Å². The minimum atomic E-state index is -0.381. The number of nitrogens with zero attached hydrogens (tertiary/aromatic N) is 1. The van der Waals surface area contributed by atoms with E-state index < -0.39 is 0 Å². The van der Waals surface area contributed by atoms with Gasteiger partial charge < -0.3 is 15.5 Å². The number of nitrogens with one attached hydrogen (secondary N) is 1. The lowest BCUT2D eigenvalue weighted by molar-refractivity contribution is -0.122. The van der Waals surface area contributed by atoms with Crippen LogP contribution in [0.3, 0.4) is 0 Å². The highest BCUT2D eigenvalue weighted by molar-refractivity contribution is 5.79. The average Bonchev–Trinajstić information content (AvgIpc) is 3.36. The van der Waals surface area contributed by atoms with Crippen molar-refractivity contribution in [2.24, 2.45) is 11.7 Å². The van der Waals surface area contributed by atoms with E-state index in [2.05, 4.69) is 10.3 Å². The molecule has 0 spiro atoms. The number of benzene rings is 1. The minimum absolute atomic E-state index is 0.102. The van der Waals surface area contributed by atoms with Crippen LogP contribution in [0.25, 0.3) is 11.3 Å². The number of amides is 2. The van der Waals surface area contributed by atoms with Gasteiger partial charge in [-0.25, -0.2) is 4.98 Å². The summed E-state index contributed by atoms with van der Waals surface area (Å²) in [5.74, 6) is 1.18. The molecule has 0 aliphatic heterocycles. The van der Waals surface area contributed by atoms with Crippen molar-refractivity contribution in [3.8, 4) is 11.3 Å². The molecule has 2 aromatic rings. The zero-order chi connectivity index (χ0) is 17.8. The van der Waals surface area contributed by atoms with Crippen molar-refractivity contribution in [3.05, 3.63) is 41.9 Å². The fourth-order valence-electron chi connectivity index (χ4n) is 2.97. The van der Waals surface area contributed by atoms with E-state index in [1.54, 1.807) is 0 Å². The molecular weight excluding hydrogens is 318 g/mol. The summed E-state index contributed by atoms with van der Waals surface area (Å²) in [5.41, 5.74) is 7.04. The molecule has 1 atom stereocenters. The molecular formula is C19H23N3O3. The Morgan fingerprint density at radius 2 is 2.04 bits per heavy atom. The number of aryl methyl sites for hydroxylation is 2. The third-order valence-electron chi connectivity index (χ3n) is 4.40. The predicted octanol–water partition coefficient (Wildman–Crippen LogP) is 2.35. The standard InChI is InChI=1S/C19H23N3O3/c1-12-19(14-5-3-2-4-6-14)25-18(21-12)10-9-17(24)22-15(11-16(20)23)13-7-8-13/h2-6,13,15H,7-11H2,1H3,(H2,20,23)(H,22,24). The van der Waals surface area contributed by atoms with Gasteiger partial charge in [0, 0.05) is 30.9 Å². The van der Waals surface area contributed by atoms with Gasteiger partial charge in [-0.2, -0.15) is 0 Å². The fourth-order valence-corrected chi connectivity index (χ4v) is 2.97. The van der Waals surface area contributed by atoms with Crippen LogP contribution in [0.2, 0.25) is 0 Å². The molecule has 1 aliphatic carbocycles. The maximum Gasteiger partial charge on any atom is 0.220 e. The van der Waals surface area contributed by atoms with Crippen LogP contribution < -0.4 is 11.1 Å². The van der Waals surface area contributed by atoms with Crippen molar-refractivity contribution in [2.45, 2.75) is 45.1 Å². The number of nitrogens with two attached hydrogens (primary N) is 1.